The highest BCUT2D eigenvalue weighted by Crippen LogP contribution is 2.36. The number of carbonyl (C=O) groups excluding carboxylic acids is 1. The maximum atomic E-state index is 13.0. The second-order valence-electron chi connectivity index (χ2n) is 5.36. The second kappa shape index (κ2) is 6.58. The van der Waals surface area contributed by atoms with Crippen LogP contribution in [-0.2, 0) is 26.3 Å². The highest BCUT2D eigenvalue weighted by molar-refractivity contribution is 9.10. The Bertz CT molecular complexity index is 765. The molecule has 132 valence electrons. The van der Waals surface area contributed by atoms with E-state index in [0.29, 0.717) is 11.2 Å². The van der Waals surface area contributed by atoms with Gasteiger partial charge >= 0.3 is 6.18 Å². The van der Waals surface area contributed by atoms with Crippen LogP contribution in [0, 0.1) is 6.92 Å². The van der Waals surface area contributed by atoms with Crippen LogP contribution in [0.15, 0.2) is 10.7 Å². The lowest BCUT2D eigenvalue weighted by Gasteiger charge is -2.16. The van der Waals surface area contributed by atoms with Crippen molar-refractivity contribution in [2.75, 3.05) is 7.05 Å². The molecule has 0 aromatic carbocycles. The zero-order chi connectivity index (χ0) is 18.2. The molecule has 10 heteroatoms. The van der Waals surface area contributed by atoms with E-state index in [9.17, 15) is 18.0 Å². The largest absolute Gasteiger partial charge is 0.434 e. The van der Waals surface area contributed by atoms with Crippen molar-refractivity contribution in [2.24, 2.45) is 7.05 Å². The van der Waals surface area contributed by atoms with Crippen LogP contribution < -0.4 is 0 Å². The van der Waals surface area contributed by atoms with Gasteiger partial charge in [0.15, 0.2) is 11.4 Å². The minimum atomic E-state index is -4.60. The van der Waals surface area contributed by atoms with Crippen molar-refractivity contribution in [2.45, 2.75) is 33.1 Å². The Labute approximate surface area is 145 Å². The molecule has 0 aliphatic rings. The molecule has 6 nitrogen and oxygen atoms in total. The molecule has 0 saturated heterocycles. The van der Waals surface area contributed by atoms with Gasteiger partial charge in [0.1, 0.15) is 0 Å². The summed E-state index contributed by atoms with van der Waals surface area (Å²) in [5, 5.41) is 7.91. The van der Waals surface area contributed by atoms with Crippen LogP contribution in [0.3, 0.4) is 0 Å². The minimum absolute atomic E-state index is 0.231. The van der Waals surface area contributed by atoms with Crippen LogP contribution in [0.25, 0.3) is 0 Å². The first-order valence-electron chi connectivity index (χ1n) is 7.14. The van der Waals surface area contributed by atoms with E-state index < -0.39 is 17.8 Å². The third kappa shape index (κ3) is 3.33. The standard InChI is InChI=1S/C14H17BrF3N5O/c1-5-23-8(2)9(6-19-23)7-21(3)13(24)11-10(15)12(14(16,17)18)22(4)20-11/h6H,5,7H2,1-4H3. The van der Waals surface area contributed by atoms with Gasteiger partial charge < -0.3 is 4.90 Å². The number of carbonyl (C=O) groups is 1. The maximum Gasteiger partial charge on any atom is 0.434 e. The minimum Gasteiger partial charge on any atom is -0.336 e. The van der Waals surface area contributed by atoms with E-state index in [-0.39, 0.29) is 16.7 Å². The summed E-state index contributed by atoms with van der Waals surface area (Å²) in [5.74, 6) is -0.600. The third-order valence-corrected chi connectivity index (χ3v) is 4.47. The van der Waals surface area contributed by atoms with Gasteiger partial charge in [-0.05, 0) is 29.8 Å². The van der Waals surface area contributed by atoms with Gasteiger partial charge in [-0.2, -0.15) is 23.4 Å². The van der Waals surface area contributed by atoms with Gasteiger partial charge in [-0.1, -0.05) is 0 Å². The SMILES string of the molecule is CCn1ncc(CN(C)C(=O)c2nn(C)c(C(F)(F)F)c2Br)c1C. The Morgan fingerprint density at radius 1 is 1.42 bits per heavy atom. The average Bonchev–Trinajstić information content (AvgIpc) is 2.97. The van der Waals surface area contributed by atoms with Gasteiger partial charge in [0.25, 0.3) is 5.91 Å². The fraction of sp³-hybridized carbons (Fsp3) is 0.500. The Hall–Kier alpha value is -1.84. The molecule has 0 bridgehead atoms. The van der Waals surface area contributed by atoms with Crippen molar-refractivity contribution in [3.8, 4) is 0 Å². The number of aromatic nitrogens is 4. The van der Waals surface area contributed by atoms with Gasteiger partial charge in [0.05, 0.1) is 10.7 Å². The maximum absolute atomic E-state index is 13.0. The second-order valence-corrected chi connectivity index (χ2v) is 6.16. The number of alkyl halides is 3. The molecule has 2 aromatic heterocycles. The molecule has 0 atom stereocenters. The summed E-state index contributed by atoms with van der Waals surface area (Å²) >= 11 is 2.85. The zero-order valence-corrected chi connectivity index (χ0v) is 15.2. The monoisotopic (exact) mass is 407 g/mol. The molecule has 0 saturated carbocycles. The molecule has 2 rings (SSSR count). The summed E-state index contributed by atoms with van der Waals surface area (Å²) < 4.78 is 41.1. The van der Waals surface area contributed by atoms with Crippen molar-refractivity contribution in [1.29, 1.82) is 0 Å². The summed E-state index contributed by atoms with van der Waals surface area (Å²) in [6.45, 7) is 4.75. The smallest absolute Gasteiger partial charge is 0.336 e. The van der Waals surface area contributed by atoms with Crippen molar-refractivity contribution in [3.05, 3.63) is 33.3 Å². The van der Waals surface area contributed by atoms with Crippen LogP contribution >= 0.6 is 15.9 Å². The van der Waals surface area contributed by atoms with Crippen molar-refractivity contribution in [3.63, 3.8) is 0 Å². The van der Waals surface area contributed by atoms with Gasteiger partial charge in [-0.25, -0.2) is 0 Å². The van der Waals surface area contributed by atoms with E-state index >= 15 is 0 Å². The first-order valence-corrected chi connectivity index (χ1v) is 7.93. The molecule has 0 aliphatic heterocycles. The Kier molecular flexibility index (Phi) is 5.07. The molecular formula is C14H17BrF3N5O. The Balaban J connectivity index is 2.27. The lowest BCUT2D eigenvalue weighted by molar-refractivity contribution is -0.144. The van der Waals surface area contributed by atoms with Gasteiger partial charge in [0, 0.05) is 38.4 Å². The fourth-order valence-electron chi connectivity index (χ4n) is 2.41. The molecule has 0 radical (unpaired) electrons. The van der Waals surface area contributed by atoms with Crippen LogP contribution in [0.2, 0.25) is 0 Å². The summed E-state index contributed by atoms with van der Waals surface area (Å²) in [6.07, 6.45) is -2.95. The number of aryl methyl sites for hydroxylation is 2. The number of amides is 1. The summed E-state index contributed by atoms with van der Waals surface area (Å²) in [7, 11) is 2.67. The molecule has 0 spiro atoms. The Morgan fingerprint density at radius 3 is 2.50 bits per heavy atom. The predicted molar refractivity (Wildman–Crippen MR) is 84.3 cm³/mol. The van der Waals surface area contributed by atoms with Crippen LogP contribution in [0.1, 0.15) is 34.4 Å². The molecule has 0 N–H and O–H groups in total. The van der Waals surface area contributed by atoms with Crippen LogP contribution in [0.5, 0.6) is 0 Å². The van der Waals surface area contributed by atoms with E-state index in [4.69, 9.17) is 0 Å². The lowest BCUT2D eigenvalue weighted by atomic mass is 10.2. The number of nitrogens with zero attached hydrogens (tertiary/aromatic N) is 5. The molecule has 24 heavy (non-hydrogen) atoms. The van der Waals surface area contributed by atoms with Crippen LogP contribution in [0.4, 0.5) is 13.2 Å². The molecule has 0 unspecified atom stereocenters. The van der Waals surface area contributed by atoms with Crippen LogP contribution in [-0.4, -0.2) is 37.4 Å². The average molecular weight is 408 g/mol. The van der Waals surface area contributed by atoms with Crippen molar-refractivity contribution in [1.82, 2.24) is 24.5 Å². The van der Waals surface area contributed by atoms with E-state index in [1.807, 2.05) is 13.8 Å². The van der Waals surface area contributed by atoms with E-state index in [2.05, 4.69) is 26.1 Å². The predicted octanol–water partition coefficient (Wildman–Crippen LogP) is 3.00. The number of hydrogen-bond donors (Lipinski definition) is 0. The molecule has 2 aromatic rings. The number of rotatable bonds is 4. The highest BCUT2D eigenvalue weighted by Gasteiger charge is 2.40. The van der Waals surface area contributed by atoms with E-state index in [1.165, 1.54) is 11.9 Å². The van der Waals surface area contributed by atoms with Crippen molar-refractivity contribution >= 4 is 21.8 Å². The van der Waals surface area contributed by atoms with Gasteiger partial charge in [-0.3, -0.25) is 14.2 Å². The number of halogens is 4. The van der Waals surface area contributed by atoms with E-state index in [0.717, 1.165) is 18.3 Å². The summed E-state index contributed by atoms with van der Waals surface area (Å²) in [5.41, 5.74) is 0.478. The summed E-state index contributed by atoms with van der Waals surface area (Å²) in [6, 6.07) is 0. The van der Waals surface area contributed by atoms with E-state index in [1.54, 1.807) is 10.9 Å². The quantitative estimate of drug-likeness (QED) is 0.782. The van der Waals surface area contributed by atoms with Gasteiger partial charge in [-0.15, -0.1) is 0 Å². The normalized spacial score (nSPS) is 11.8. The topological polar surface area (TPSA) is 56.0 Å². The molecule has 1 amide bonds. The molecule has 0 fully saturated rings. The highest BCUT2D eigenvalue weighted by atomic mass is 79.9. The molecular weight excluding hydrogens is 391 g/mol. The molecule has 2 heterocycles. The third-order valence-electron chi connectivity index (χ3n) is 3.72. The fourth-order valence-corrected chi connectivity index (χ4v) is 3.14. The zero-order valence-electron chi connectivity index (χ0n) is 13.6. The summed E-state index contributed by atoms with van der Waals surface area (Å²) in [4.78, 5) is 13.8. The lowest BCUT2D eigenvalue weighted by Crippen LogP contribution is -2.27. The molecule has 0 aliphatic carbocycles. The van der Waals surface area contributed by atoms with Crippen molar-refractivity contribution < 1.29 is 18.0 Å². The number of hydrogen-bond acceptors (Lipinski definition) is 3. The first kappa shape index (κ1) is 18.5. The Morgan fingerprint density at radius 2 is 2.04 bits per heavy atom. The first-order chi connectivity index (χ1) is 11.1. The van der Waals surface area contributed by atoms with Gasteiger partial charge in [0.2, 0.25) is 0 Å².